The minimum Gasteiger partial charge on any atom is -0.479 e. The summed E-state index contributed by atoms with van der Waals surface area (Å²) in [7, 11) is 3.03. The highest BCUT2D eigenvalue weighted by Crippen LogP contribution is 1.76. The second-order valence-electron chi connectivity index (χ2n) is 1.98. The molecule has 0 atom stereocenters. The van der Waals surface area contributed by atoms with Crippen molar-refractivity contribution in [3.8, 4) is 0 Å². The summed E-state index contributed by atoms with van der Waals surface area (Å²) < 4.78 is 0. The summed E-state index contributed by atoms with van der Waals surface area (Å²) in [5.41, 5.74) is 1.92. The van der Waals surface area contributed by atoms with E-state index in [0.717, 1.165) is 0 Å². The van der Waals surface area contributed by atoms with Crippen LogP contribution in [0.1, 0.15) is 0 Å². The molecule has 0 fully saturated rings. The van der Waals surface area contributed by atoms with Gasteiger partial charge in [-0.2, -0.15) is 0 Å². The van der Waals surface area contributed by atoms with Gasteiger partial charge in [-0.3, -0.25) is 4.84 Å². The normalized spacial score (nSPS) is 8.91. The van der Waals surface area contributed by atoms with E-state index in [2.05, 4.69) is 4.84 Å². The number of nitrogens with zero attached hydrogens (tertiary/aromatic N) is 1. The van der Waals surface area contributed by atoms with Gasteiger partial charge < -0.3 is 10.0 Å². The summed E-state index contributed by atoms with van der Waals surface area (Å²) in [6.07, 6.45) is 0. The minimum atomic E-state index is -1.14. The minimum absolute atomic E-state index is 0.494. The van der Waals surface area contributed by atoms with Crippen LogP contribution in [-0.2, 0) is 9.63 Å². The van der Waals surface area contributed by atoms with Crippen molar-refractivity contribution >= 4 is 12.0 Å². The first-order valence-electron chi connectivity index (χ1n) is 2.85. The van der Waals surface area contributed by atoms with E-state index in [4.69, 9.17) is 5.11 Å². The van der Waals surface area contributed by atoms with Gasteiger partial charge in [0.1, 0.15) is 0 Å². The maximum atomic E-state index is 10.6. The number of hydrogen-bond donors (Lipinski definition) is 2. The molecule has 2 N–H and O–H groups in total. The van der Waals surface area contributed by atoms with Crippen LogP contribution in [0.4, 0.5) is 4.79 Å². The molecule has 0 bridgehead atoms. The topological polar surface area (TPSA) is 78.9 Å². The molecule has 0 unspecified atom stereocenters. The molecular formula is C5H10N2O4. The number of carboxylic acids is 1. The molecule has 0 radical (unpaired) electrons. The lowest BCUT2D eigenvalue weighted by molar-refractivity contribution is -0.144. The van der Waals surface area contributed by atoms with E-state index in [1.54, 1.807) is 0 Å². The molecule has 0 aliphatic carbocycles. The van der Waals surface area contributed by atoms with Crippen molar-refractivity contribution in [1.29, 1.82) is 0 Å². The molecule has 0 aromatic rings. The Balaban J connectivity index is 3.39. The van der Waals surface area contributed by atoms with Crippen molar-refractivity contribution in [2.45, 2.75) is 0 Å². The van der Waals surface area contributed by atoms with Gasteiger partial charge in [-0.15, -0.1) is 0 Å². The maximum absolute atomic E-state index is 10.6. The van der Waals surface area contributed by atoms with Gasteiger partial charge in [0.2, 0.25) is 0 Å². The van der Waals surface area contributed by atoms with E-state index in [9.17, 15) is 9.59 Å². The number of carboxylic acid groups (broad SMARTS) is 1. The van der Waals surface area contributed by atoms with Gasteiger partial charge in [-0.05, 0) is 0 Å². The lowest BCUT2D eigenvalue weighted by Crippen LogP contribution is -2.35. The van der Waals surface area contributed by atoms with Gasteiger partial charge >= 0.3 is 12.0 Å². The fourth-order valence-electron chi connectivity index (χ4n) is 0.251. The van der Waals surface area contributed by atoms with Crippen molar-refractivity contribution in [3.63, 3.8) is 0 Å². The fourth-order valence-corrected chi connectivity index (χ4v) is 0.251. The Labute approximate surface area is 63.7 Å². The third-order valence-corrected chi connectivity index (χ3v) is 0.761. The van der Waals surface area contributed by atoms with Crippen LogP contribution < -0.4 is 5.48 Å². The Kier molecular flexibility index (Phi) is 3.97. The quantitative estimate of drug-likeness (QED) is 0.536. The molecule has 0 aliphatic rings. The number of urea groups is 1. The number of nitrogens with one attached hydrogen (secondary N) is 1. The van der Waals surface area contributed by atoms with Crippen LogP contribution in [0.3, 0.4) is 0 Å². The second kappa shape index (κ2) is 4.51. The fraction of sp³-hybridized carbons (Fsp3) is 0.600. The van der Waals surface area contributed by atoms with Crippen molar-refractivity contribution < 1.29 is 19.5 Å². The first-order chi connectivity index (χ1) is 5.04. The van der Waals surface area contributed by atoms with Gasteiger partial charge in [0.05, 0.1) is 0 Å². The molecule has 0 aromatic carbocycles. The SMILES string of the molecule is CN(C)C(=O)NOCC(=O)O. The molecule has 0 heterocycles. The van der Waals surface area contributed by atoms with Crippen LogP contribution in [0.25, 0.3) is 0 Å². The molecule has 64 valence electrons. The highest BCUT2D eigenvalue weighted by molar-refractivity contribution is 5.73. The summed E-state index contributed by atoms with van der Waals surface area (Å²) >= 11 is 0. The highest BCUT2D eigenvalue weighted by atomic mass is 16.7. The molecule has 6 heteroatoms. The zero-order valence-corrected chi connectivity index (χ0v) is 6.33. The zero-order chi connectivity index (χ0) is 8.85. The van der Waals surface area contributed by atoms with Crippen LogP contribution in [0, 0.1) is 0 Å². The molecule has 0 aromatic heterocycles. The van der Waals surface area contributed by atoms with Gasteiger partial charge in [-0.1, -0.05) is 0 Å². The third kappa shape index (κ3) is 5.16. The molecule has 0 rings (SSSR count). The monoisotopic (exact) mass is 162 g/mol. The van der Waals surface area contributed by atoms with Crippen molar-refractivity contribution in [2.75, 3.05) is 20.7 Å². The Bertz CT molecular complexity index is 157. The van der Waals surface area contributed by atoms with E-state index in [-0.39, 0.29) is 0 Å². The van der Waals surface area contributed by atoms with Gasteiger partial charge in [0, 0.05) is 14.1 Å². The molecule has 11 heavy (non-hydrogen) atoms. The summed E-state index contributed by atoms with van der Waals surface area (Å²) in [6.45, 7) is -0.542. The summed E-state index contributed by atoms with van der Waals surface area (Å²) in [4.78, 5) is 26.0. The summed E-state index contributed by atoms with van der Waals surface area (Å²) in [5, 5.41) is 8.08. The smallest absolute Gasteiger partial charge is 0.340 e. The van der Waals surface area contributed by atoms with Crippen LogP contribution in [0.5, 0.6) is 0 Å². The van der Waals surface area contributed by atoms with E-state index >= 15 is 0 Å². The Morgan fingerprint density at radius 2 is 2.09 bits per heavy atom. The van der Waals surface area contributed by atoms with Crippen LogP contribution in [0.15, 0.2) is 0 Å². The largest absolute Gasteiger partial charge is 0.479 e. The molecule has 6 nitrogen and oxygen atoms in total. The predicted octanol–water partition coefficient (Wildman–Crippen LogP) is -0.726. The lowest BCUT2D eigenvalue weighted by atomic mass is 10.8. The van der Waals surface area contributed by atoms with Crippen molar-refractivity contribution in [1.82, 2.24) is 10.4 Å². The third-order valence-electron chi connectivity index (χ3n) is 0.761. The average Bonchev–Trinajstić information content (AvgIpc) is 1.86. The number of amides is 2. The second-order valence-corrected chi connectivity index (χ2v) is 1.98. The van der Waals surface area contributed by atoms with E-state index in [0.29, 0.717) is 0 Å². The van der Waals surface area contributed by atoms with Crippen LogP contribution >= 0.6 is 0 Å². The number of hydroxylamine groups is 1. The average molecular weight is 162 g/mol. The molecule has 0 saturated heterocycles. The Morgan fingerprint density at radius 1 is 1.55 bits per heavy atom. The molecule has 0 aliphatic heterocycles. The van der Waals surface area contributed by atoms with Crippen molar-refractivity contribution in [2.24, 2.45) is 0 Å². The maximum Gasteiger partial charge on any atom is 0.340 e. The molecular weight excluding hydrogens is 152 g/mol. The summed E-state index contributed by atoms with van der Waals surface area (Å²) in [6, 6.07) is -0.494. The van der Waals surface area contributed by atoms with Crippen LogP contribution in [0.2, 0.25) is 0 Å². The van der Waals surface area contributed by atoms with Crippen LogP contribution in [-0.4, -0.2) is 42.7 Å². The first-order valence-corrected chi connectivity index (χ1v) is 2.85. The number of carbonyl (C=O) groups is 2. The number of hydrogen-bond acceptors (Lipinski definition) is 3. The molecule has 0 spiro atoms. The van der Waals surface area contributed by atoms with Crippen molar-refractivity contribution in [3.05, 3.63) is 0 Å². The summed E-state index contributed by atoms with van der Waals surface area (Å²) in [5.74, 6) is -1.14. The molecule has 0 saturated carbocycles. The number of carbonyl (C=O) groups excluding carboxylic acids is 1. The molecule has 2 amide bonds. The number of rotatable bonds is 3. The standard InChI is InChI=1S/C5H10N2O4/c1-7(2)5(10)6-11-3-4(8)9/h3H2,1-2H3,(H,6,10)(H,8,9). The predicted molar refractivity (Wildman–Crippen MR) is 35.8 cm³/mol. The van der Waals surface area contributed by atoms with E-state index in [1.807, 2.05) is 5.48 Å². The highest BCUT2D eigenvalue weighted by Gasteiger charge is 2.03. The van der Waals surface area contributed by atoms with Gasteiger partial charge in [0.25, 0.3) is 0 Å². The van der Waals surface area contributed by atoms with Gasteiger partial charge in [-0.25, -0.2) is 15.1 Å². The van der Waals surface area contributed by atoms with E-state index in [1.165, 1.54) is 19.0 Å². The van der Waals surface area contributed by atoms with E-state index < -0.39 is 18.6 Å². The first kappa shape index (κ1) is 9.70. The van der Waals surface area contributed by atoms with Gasteiger partial charge in [0.15, 0.2) is 6.61 Å². The zero-order valence-electron chi connectivity index (χ0n) is 6.33. The lowest BCUT2D eigenvalue weighted by Gasteiger charge is -2.10. The Morgan fingerprint density at radius 3 is 2.45 bits per heavy atom. The number of aliphatic carboxylic acids is 1. The Hall–Kier alpha value is -1.30.